The number of carboxylic acid groups (broad SMARTS) is 1. The van der Waals surface area contributed by atoms with E-state index in [0.717, 1.165) is 22.3 Å². The molecule has 3 N–H and O–H groups in total. The second kappa shape index (κ2) is 10.3. The van der Waals surface area contributed by atoms with Gasteiger partial charge in [-0.1, -0.05) is 68.8 Å². The van der Waals surface area contributed by atoms with Crippen molar-refractivity contribution in [2.24, 2.45) is 5.92 Å². The number of ether oxygens (including phenoxy) is 2. The number of hydrogen-bond donors (Lipinski definition) is 3. The molecule has 1 aliphatic heterocycles. The van der Waals surface area contributed by atoms with E-state index in [4.69, 9.17) is 9.47 Å². The minimum absolute atomic E-state index is 0.0658. The van der Waals surface area contributed by atoms with Crippen molar-refractivity contribution >= 4 is 18.0 Å². The van der Waals surface area contributed by atoms with Gasteiger partial charge < -0.3 is 25.2 Å². The summed E-state index contributed by atoms with van der Waals surface area (Å²) >= 11 is 0. The number of carbonyl (C=O) groups excluding carboxylic acids is 2. The van der Waals surface area contributed by atoms with Crippen LogP contribution < -0.4 is 10.6 Å². The molecular formula is C26H30N2O6. The lowest BCUT2D eigenvalue weighted by molar-refractivity contribution is -0.145. The monoisotopic (exact) mass is 466 g/mol. The Morgan fingerprint density at radius 1 is 1.09 bits per heavy atom. The molecule has 0 aromatic heterocycles. The van der Waals surface area contributed by atoms with Crippen LogP contribution in [0.1, 0.15) is 43.7 Å². The predicted octanol–water partition coefficient (Wildman–Crippen LogP) is 3.30. The SMILES string of the molecule is CCC(C)[C@H](NC(=O)[C@@H]1OCC[C@@H]1NC(=O)OCC1c2ccccc2-c2ccccc21)C(=O)O. The van der Waals surface area contributed by atoms with Gasteiger partial charge in [0.1, 0.15) is 12.6 Å². The number of alkyl carbamates (subject to hydrolysis) is 1. The summed E-state index contributed by atoms with van der Waals surface area (Å²) in [5.74, 6) is -1.95. The van der Waals surface area contributed by atoms with Crippen molar-refractivity contribution in [1.82, 2.24) is 10.6 Å². The molecule has 8 heteroatoms. The van der Waals surface area contributed by atoms with Crippen molar-refractivity contribution in [3.8, 4) is 11.1 Å². The minimum atomic E-state index is -1.10. The Bertz CT molecular complexity index is 1030. The highest BCUT2D eigenvalue weighted by Gasteiger charge is 2.38. The maximum atomic E-state index is 12.7. The number of carbonyl (C=O) groups is 3. The van der Waals surface area contributed by atoms with Crippen LogP contribution in [0, 0.1) is 5.92 Å². The molecule has 0 bridgehead atoms. The molecule has 0 radical (unpaired) electrons. The first kappa shape index (κ1) is 23.8. The van der Waals surface area contributed by atoms with Gasteiger partial charge in [-0.15, -0.1) is 0 Å². The van der Waals surface area contributed by atoms with Gasteiger partial charge in [-0.25, -0.2) is 9.59 Å². The first-order valence-corrected chi connectivity index (χ1v) is 11.7. The maximum absolute atomic E-state index is 12.7. The summed E-state index contributed by atoms with van der Waals surface area (Å²) < 4.78 is 11.1. The quantitative estimate of drug-likeness (QED) is 0.550. The van der Waals surface area contributed by atoms with E-state index in [1.165, 1.54) is 0 Å². The topological polar surface area (TPSA) is 114 Å². The van der Waals surface area contributed by atoms with E-state index >= 15 is 0 Å². The summed E-state index contributed by atoms with van der Waals surface area (Å²) in [4.78, 5) is 36.9. The summed E-state index contributed by atoms with van der Waals surface area (Å²) in [6.07, 6.45) is -0.564. The lowest BCUT2D eigenvalue weighted by atomic mass is 9.98. The molecule has 1 fully saturated rings. The molecule has 2 aliphatic rings. The lowest BCUT2D eigenvalue weighted by Crippen LogP contribution is -2.53. The number of carboxylic acids is 1. The summed E-state index contributed by atoms with van der Waals surface area (Å²) in [7, 11) is 0. The third kappa shape index (κ3) is 4.77. The van der Waals surface area contributed by atoms with Crippen molar-refractivity contribution in [1.29, 1.82) is 0 Å². The van der Waals surface area contributed by atoms with Gasteiger partial charge in [0.2, 0.25) is 0 Å². The second-order valence-corrected chi connectivity index (χ2v) is 8.87. The first-order valence-electron chi connectivity index (χ1n) is 11.7. The molecule has 1 heterocycles. The van der Waals surface area contributed by atoms with Gasteiger partial charge in [0.15, 0.2) is 6.10 Å². The highest BCUT2D eigenvalue weighted by atomic mass is 16.6. The third-order valence-corrected chi connectivity index (χ3v) is 6.77. The van der Waals surface area contributed by atoms with E-state index in [1.54, 1.807) is 6.92 Å². The maximum Gasteiger partial charge on any atom is 0.407 e. The largest absolute Gasteiger partial charge is 0.480 e. The minimum Gasteiger partial charge on any atom is -0.480 e. The number of benzene rings is 2. The molecule has 4 rings (SSSR count). The van der Waals surface area contributed by atoms with Gasteiger partial charge in [0.05, 0.1) is 6.04 Å². The van der Waals surface area contributed by atoms with E-state index in [-0.39, 0.29) is 25.0 Å². The van der Waals surface area contributed by atoms with Crippen molar-refractivity contribution in [2.75, 3.05) is 13.2 Å². The molecular weight excluding hydrogens is 436 g/mol. The van der Waals surface area contributed by atoms with Crippen LogP contribution in [0.25, 0.3) is 11.1 Å². The van der Waals surface area contributed by atoms with Crippen LogP contribution in [0.4, 0.5) is 4.79 Å². The molecule has 8 nitrogen and oxygen atoms in total. The zero-order valence-corrected chi connectivity index (χ0v) is 19.3. The Balaban J connectivity index is 1.37. The molecule has 180 valence electrons. The van der Waals surface area contributed by atoms with Crippen LogP contribution in [0.15, 0.2) is 48.5 Å². The van der Waals surface area contributed by atoms with Crippen LogP contribution in [-0.2, 0) is 19.1 Å². The number of amides is 2. The van der Waals surface area contributed by atoms with Crippen LogP contribution in [0.5, 0.6) is 0 Å². The number of hydrogen-bond acceptors (Lipinski definition) is 5. The number of aliphatic carboxylic acids is 1. The average molecular weight is 467 g/mol. The fraction of sp³-hybridized carbons (Fsp3) is 0.423. The molecule has 2 aromatic carbocycles. The predicted molar refractivity (Wildman–Crippen MR) is 125 cm³/mol. The zero-order valence-electron chi connectivity index (χ0n) is 19.3. The third-order valence-electron chi connectivity index (χ3n) is 6.77. The van der Waals surface area contributed by atoms with E-state index in [1.807, 2.05) is 43.3 Å². The smallest absolute Gasteiger partial charge is 0.407 e. The van der Waals surface area contributed by atoms with Gasteiger partial charge in [-0.3, -0.25) is 4.79 Å². The normalized spacial score (nSPS) is 20.6. The van der Waals surface area contributed by atoms with E-state index in [9.17, 15) is 19.5 Å². The second-order valence-electron chi connectivity index (χ2n) is 8.87. The van der Waals surface area contributed by atoms with Crippen molar-refractivity contribution in [3.63, 3.8) is 0 Å². The van der Waals surface area contributed by atoms with Crippen LogP contribution in [0.3, 0.4) is 0 Å². The van der Waals surface area contributed by atoms with Crippen molar-refractivity contribution in [3.05, 3.63) is 59.7 Å². The summed E-state index contributed by atoms with van der Waals surface area (Å²) in [5, 5.41) is 14.7. The Labute approximate surface area is 198 Å². The van der Waals surface area contributed by atoms with Gasteiger partial charge in [-0.05, 0) is 34.6 Å². The van der Waals surface area contributed by atoms with Crippen LogP contribution >= 0.6 is 0 Å². The Morgan fingerprint density at radius 3 is 2.29 bits per heavy atom. The molecule has 2 aromatic rings. The molecule has 0 saturated carbocycles. The molecule has 34 heavy (non-hydrogen) atoms. The van der Waals surface area contributed by atoms with Gasteiger partial charge in [0.25, 0.3) is 5.91 Å². The standard InChI is InChI=1S/C26H30N2O6/c1-3-15(2)22(25(30)31)28-24(29)23-21(12-13-33-23)27-26(32)34-14-20-18-10-6-4-8-16(18)17-9-5-7-11-19(17)20/h4-11,15,20-23H,3,12-14H2,1-2H3,(H,27,32)(H,28,29)(H,30,31)/t15?,21-,22-,23+/m0/s1. The van der Waals surface area contributed by atoms with Gasteiger partial charge >= 0.3 is 12.1 Å². The fourth-order valence-electron chi connectivity index (χ4n) is 4.71. The molecule has 1 aliphatic carbocycles. The molecule has 2 amide bonds. The summed E-state index contributed by atoms with van der Waals surface area (Å²) in [6.45, 7) is 4.08. The highest BCUT2D eigenvalue weighted by molar-refractivity contribution is 5.87. The molecule has 4 atom stereocenters. The fourth-order valence-corrected chi connectivity index (χ4v) is 4.71. The Kier molecular flexibility index (Phi) is 7.17. The molecule has 1 unspecified atom stereocenters. The number of nitrogens with one attached hydrogen (secondary N) is 2. The highest BCUT2D eigenvalue weighted by Crippen LogP contribution is 2.44. The lowest BCUT2D eigenvalue weighted by Gasteiger charge is -2.24. The van der Waals surface area contributed by atoms with Gasteiger partial charge in [-0.2, -0.15) is 0 Å². The number of fused-ring (bicyclic) bond motifs is 3. The van der Waals surface area contributed by atoms with Crippen LogP contribution in [-0.4, -0.2) is 54.5 Å². The van der Waals surface area contributed by atoms with Crippen LogP contribution in [0.2, 0.25) is 0 Å². The molecule has 0 spiro atoms. The Hall–Kier alpha value is -3.39. The van der Waals surface area contributed by atoms with E-state index in [2.05, 4.69) is 22.8 Å². The summed E-state index contributed by atoms with van der Waals surface area (Å²) in [6, 6.07) is 14.5. The summed E-state index contributed by atoms with van der Waals surface area (Å²) in [5.41, 5.74) is 4.51. The van der Waals surface area contributed by atoms with E-state index < -0.39 is 36.2 Å². The van der Waals surface area contributed by atoms with Crippen molar-refractivity contribution in [2.45, 2.75) is 50.8 Å². The Morgan fingerprint density at radius 2 is 1.71 bits per heavy atom. The first-order chi connectivity index (χ1) is 16.4. The van der Waals surface area contributed by atoms with E-state index in [0.29, 0.717) is 12.8 Å². The molecule has 1 saturated heterocycles. The average Bonchev–Trinajstić information content (AvgIpc) is 3.43. The zero-order chi connectivity index (χ0) is 24.2. The van der Waals surface area contributed by atoms with Crippen molar-refractivity contribution < 1.29 is 29.0 Å². The number of rotatable bonds is 8. The van der Waals surface area contributed by atoms with Gasteiger partial charge in [0, 0.05) is 12.5 Å².